The Labute approximate surface area is 201 Å². The number of hydrogen-bond donors (Lipinski definition) is 3. The molecule has 0 spiro atoms. The number of amides is 1. The van der Waals surface area contributed by atoms with E-state index in [0.29, 0.717) is 49.3 Å². The normalized spacial score (nSPS) is 14.3. The lowest BCUT2D eigenvalue weighted by Crippen LogP contribution is -2.38. The van der Waals surface area contributed by atoms with E-state index in [0.717, 1.165) is 30.7 Å². The Kier molecular flexibility index (Phi) is 6.33. The Bertz CT molecular complexity index is 1260. The van der Waals surface area contributed by atoms with Gasteiger partial charge in [0.15, 0.2) is 17.0 Å². The van der Waals surface area contributed by atoms with Crippen LogP contribution in [-0.4, -0.2) is 65.7 Å². The van der Waals surface area contributed by atoms with E-state index >= 15 is 0 Å². The highest BCUT2D eigenvalue weighted by atomic mass is 16.5. The number of methoxy groups -OCH3 is 1. The number of carbonyl (C=O) groups excluding carboxylic acids is 1. The third-order valence-electron chi connectivity index (χ3n) is 5.80. The van der Waals surface area contributed by atoms with Gasteiger partial charge in [-0.15, -0.1) is 4.98 Å². The van der Waals surface area contributed by atoms with E-state index in [1.54, 1.807) is 13.4 Å². The van der Waals surface area contributed by atoms with Crippen LogP contribution in [0.25, 0.3) is 10.9 Å². The molecule has 3 aromatic rings. The fraction of sp³-hybridized carbons (Fsp3) is 0.348. The molecule has 0 saturated carbocycles. The first kappa shape index (κ1) is 22.4. The molecule has 0 bridgehead atoms. The number of anilines is 3. The van der Waals surface area contributed by atoms with Gasteiger partial charge in [0.05, 0.1) is 50.6 Å². The predicted molar refractivity (Wildman–Crippen MR) is 128 cm³/mol. The molecule has 2 aliphatic heterocycles. The van der Waals surface area contributed by atoms with Gasteiger partial charge in [-0.2, -0.15) is 0 Å². The molecule has 0 saturated heterocycles. The van der Waals surface area contributed by atoms with E-state index in [2.05, 4.69) is 25.5 Å². The molecule has 1 amide bonds. The van der Waals surface area contributed by atoms with Crippen LogP contribution in [0.3, 0.4) is 0 Å². The molecule has 4 heterocycles. The molecule has 0 atom stereocenters. The van der Waals surface area contributed by atoms with E-state index in [1.807, 2.05) is 22.9 Å². The van der Waals surface area contributed by atoms with Gasteiger partial charge in [-0.1, -0.05) is 0 Å². The standard InChI is InChI=1S/C23H26N8O4/c1-33-19-17(35-10-2-6-30-8-11-34-12-9-30)4-3-16-18(19)28-23(31-7-5-25-20(16)31)29-21(32)15-13-26-22(24)27-14-15/h3-4,8,11,13-14H,2,5-7,9-10,12H2,1H3,(H3,24,25,26,27,28,29,32)/p+1. The van der Waals surface area contributed by atoms with Crippen molar-refractivity contribution in [3.63, 3.8) is 0 Å². The quantitative estimate of drug-likeness (QED) is 0.318. The molecule has 0 aliphatic carbocycles. The highest BCUT2D eigenvalue weighted by molar-refractivity contribution is 6.03. The van der Waals surface area contributed by atoms with E-state index in [9.17, 15) is 4.79 Å². The van der Waals surface area contributed by atoms with Crippen LogP contribution in [0, 0.1) is 0 Å². The van der Waals surface area contributed by atoms with Crippen LogP contribution in [0.1, 0.15) is 16.8 Å². The SMILES string of the molecule is COc1c(OCCCN2C=COCC2)ccc2c3[n+](c(NC(=O)c4cnc(N)nc4)nc12)CCN3. The molecule has 182 valence electrons. The Morgan fingerprint density at radius 1 is 1.34 bits per heavy atom. The Balaban J connectivity index is 1.39. The van der Waals surface area contributed by atoms with Crippen LogP contribution in [0.2, 0.25) is 0 Å². The predicted octanol–water partition coefficient (Wildman–Crippen LogP) is 1.15. The minimum absolute atomic E-state index is 0.100. The molecule has 0 unspecified atom stereocenters. The number of benzene rings is 1. The number of nitrogens with one attached hydrogen (secondary N) is 2. The highest BCUT2D eigenvalue weighted by Crippen LogP contribution is 2.37. The van der Waals surface area contributed by atoms with Gasteiger partial charge < -0.3 is 30.2 Å². The molecule has 35 heavy (non-hydrogen) atoms. The van der Waals surface area contributed by atoms with E-state index in [-0.39, 0.29) is 17.4 Å². The first-order valence-electron chi connectivity index (χ1n) is 11.4. The van der Waals surface area contributed by atoms with Crippen LogP contribution in [0.4, 0.5) is 17.7 Å². The van der Waals surface area contributed by atoms with Gasteiger partial charge in [0.2, 0.25) is 11.8 Å². The van der Waals surface area contributed by atoms with Crippen LogP contribution in [0.5, 0.6) is 11.5 Å². The molecule has 4 N–H and O–H groups in total. The zero-order valence-corrected chi connectivity index (χ0v) is 19.4. The molecule has 12 heteroatoms. The molecule has 2 aliphatic rings. The van der Waals surface area contributed by atoms with E-state index in [4.69, 9.17) is 24.9 Å². The third kappa shape index (κ3) is 4.67. The second-order valence-corrected chi connectivity index (χ2v) is 8.03. The summed E-state index contributed by atoms with van der Waals surface area (Å²) in [5.41, 5.74) is 6.40. The highest BCUT2D eigenvalue weighted by Gasteiger charge is 2.29. The van der Waals surface area contributed by atoms with Crippen molar-refractivity contribution < 1.29 is 23.6 Å². The molecule has 5 rings (SSSR count). The second kappa shape index (κ2) is 9.87. The number of rotatable bonds is 8. The van der Waals surface area contributed by atoms with Crippen LogP contribution in [0.15, 0.2) is 37.0 Å². The largest absolute Gasteiger partial charge is 0.498 e. The van der Waals surface area contributed by atoms with Crippen molar-refractivity contribution in [2.75, 3.05) is 56.3 Å². The van der Waals surface area contributed by atoms with E-state index in [1.165, 1.54) is 12.4 Å². The van der Waals surface area contributed by atoms with Crippen molar-refractivity contribution in [1.82, 2.24) is 19.9 Å². The Morgan fingerprint density at radius 2 is 2.20 bits per heavy atom. The summed E-state index contributed by atoms with van der Waals surface area (Å²) in [6.45, 7) is 4.32. The lowest BCUT2D eigenvalue weighted by atomic mass is 10.2. The molecule has 0 radical (unpaired) electrons. The fourth-order valence-corrected chi connectivity index (χ4v) is 4.08. The summed E-state index contributed by atoms with van der Waals surface area (Å²) in [4.78, 5) is 27.5. The maximum absolute atomic E-state index is 12.8. The lowest BCUT2D eigenvalue weighted by molar-refractivity contribution is -0.657. The van der Waals surface area contributed by atoms with Crippen molar-refractivity contribution in [1.29, 1.82) is 0 Å². The van der Waals surface area contributed by atoms with Gasteiger partial charge in [-0.3, -0.25) is 4.79 Å². The first-order chi connectivity index (χ1) is 17.1. The van der Waals surface area contributed by atoms with Gasteiger partial charge in [0, 0.05) is 25.1 Å². The number of nitrogens with zero attached hydrogens (tertiary/aromatic N) is 5. The van der Waals surface area contributed by atoms with Crippen LogP contribution >= 0.6 is 0 Å². The van der Waals surface area contributed by atoms with Crippen molar-refractivity contribution in [2.24, 2.45) is 0 Å². The monoisotopic (exact) mass is 479 g/mol. The second-order valence-electron chi connectivity index (χ2n) is 8.03. The minimum Gasteiger partial charge on any atom is -0.498 e. The first-order valence-corrected chi connectivity index (χ1v) is 11.4. The number of nitrogens with two attached hydrogens (primary N) is 1. The van der Waals surface area contributed by atoms with Gasteiger partial charge in [0.1, 0.15) is 6.61 Å². The number of aromatic nitrogens is 4. The topological polar surface area (TPSA) is 141 Å². The summed E-state index contributed by atoms with van der Waals surface area (Å²) >= 11 is 0. The smallest absolute Gasteiger partial charge is 0.355 e. The average Bonchev–Trinajstić information content (AvgIpc) is 3.38. The number of carbonyl (C=O) groups is 1. The molecule has 0 fully saturated rings. The molecule has 1 aromatic carbocycles. The van der Waals surface area contributed by atoms with Gasteiger partial charge in [-0.25, -0.2) is 19.9 Å². The molecular weight excluding hydrogens is 452 g/mol. The van der Waals surface area contributed by atoms with Crippen molar-refractivity contribution in [2.45, 2.75) is 13.0 Å². The van der Waals surface area contributed by atoms with Gasteiger partial charge in [-0.05, 0) is 18.6 Å². The fourth-order valence-electron chi connectivity index (χ4n) is 4.08. The maximum atomic E-state index is 12.8. The molecule has 2 aromatic heterocycles. The molecular formula is C23H27N8O4+. The molecule has 12 nitrogen and oxygen atoms in total. The van der Waals surface area contributed by atoms with Crippen molar-refractivity contribution in [3.05, 3.63) is 42.6 Å². The summed E-state index contributed by atoms with van der Waals surface area (Å²) in [5.74, 6) is 2.05. The number of ether oxygens (including phenoxy) is 3. The van der Waals surface area contributed by atoms with Crippen molar-refractivity contribution in [3.8, 4) is 11.5 Å². The minimum atomic E-state index is -0.387. The maximum Gasteiger partial charge on any atom is 0.355 e. The third-order valence-corrected chi connectivity index (χ3v) is 5.80. The van der Waals surface area contributed by atoms with Gasteiger partial charge in [0.25, 0.3) is 0 Å². The average molecular weight is 480 g/mol. The number of hydrogen-bond acceptors (Lipinski definition) is 10. The number of nitrogen functional groups attached to an aromatic ring is 1. The van der Waals surface area contributed by atoms with Gasteiger partial charge >= 0.3 is 11.9 Å². The van der Waals surface area contributed by atoms with Crippen LogP contribution in [-0.2, 0) is 11.3 Å². The zero-order chi connectivity index (χ0) is 24.2. The Morgan fingerprint density at radius 3 is 2.97 bits per heavy atom. The summed E-state index contributed by atoms with van der Waals surface area (Å²) < 4.78 is 18.9. The van der Waals surface area contributed by atoms with Crippen LogP contribution < -0.4 is 30.4 Å². The van der Waals surface area contributed by atoms with Crippen molar-refractivity contribution >= 4 is 34.5 Å². The summed E-state index contributed by atoms with van der Waals surface area (Å²) in [6.07, 6.45) is 7.25. The summed E-state index contributed by atoms with van der Waals surface area (Å²) in [5, 5.41) is 7.11. The zero-order valence-electron chi connectivity index (χ0n) is 19.4. The Hall–Kier alpha value is -4.35. The summed E-state index contributed by atoms with van der Waals surface area (Å²) in [6, 6.07) is 3.84. The lowest BCUT2D eigenvalue weighted by Gasteiger charge is -2.23. The van der Waals surface area contributed by atoms with E-state index < -0.39 is 0 Å². The number of fused-ring (bicyclic) bond motifs is 3. The summed E-state index contributed by atoms with van der Waals surface area (Å²) in [7, 11) is 1.58.